The number of carbonyl (C=O) groups excluding carboxylic acids is 2. The molecule has 3 fully saturated rings. The molecule has 43 heavy (non-hydrogen) atoms. The standard InChI is InChI=1S/C30H25F2N9O2/c1-34-21(8-15-2-3-15)30(43)40-13-16-9-22(40)23(10-16)41-28-25(27(33)36-14-37-28)26(39-41)19-5-4-17(11-20(19)32)29(42)38-24-12-18(31)6-7-35-24/h4-8,11-12,14-16,22-23H,2-3,9-10,13H2,(H2,33,36,37)(H,35,38,42)/b21-8-/t16-,22-,23?/m1/s1. The zero-order valence-corrected chi connectivity index (χ0v) is 22.7. The number of amides is 2. The van der Waals surface area contributed by atoms with Gasteiger partial charge < -0.3 is 16.0 Å². The van der Waals surface area contributed by atoms with Crippen LogP contribution in [0.25, 0.3) is 27.1 Å². The van der Waals surface area contributed by atoms with Crippen molar-refractivity contribution < 1.29 is 18.4 Å². The van der Waals surface area contributed by atoms with Crippen molar-refractivity contribution in [3.8, 4) is 11.3 Å². The molecule has 216 valence electrons. The van der Waals surface area contributed by atoms with Gasteiger partial charge in [0, 0.05) is 29.9 Å². The van der Waals surface area contributed by atoms with E-state index in [0.29, 0.717) is 23.5 Å². The molecule has 7 rings (SSSR count). The maximum atomic E-state index is 15.6. The Labute approximate surface area is 244 Å². The summed E-state index contributed by atoms with van der Waals surface area (Å²) in [7, 11) is 0. The van der Waals surface area contributed by atoms with Gasteiger partial charge in [-0.2, -0.15) is 5.10 Å². The number of nitrogens with two attached hydrogens (primary N) is 1. The first kappa shape index (κ1) is 26.6. The van der Waals surface area contributed by atoms with Gasteiger partial charge in [-0.1, -0.05) is 6.08 Å². The van der Waals surface area contributed by atoms with Crippen molar-refractivity contribution in [2.24, 2.45) is 11.8 Å². The number of nitrogen functional groups attached to an aromatic ring is 1. The van der Waals surface area contributed by atoms with Gasteiger partial charge in [-0.15, -0.1) is 0 Å². The average Bonchev–Trinajstić information content (AvgIpc) is 3.39. The summed E-state index contributed by atoms with van der Waals surface area (Å²) in [5.74, 6) is -1.59. The third kappa shape index (κ3) is 4.74. The fraction of sp³-hybridized carbons (Fsp3) is 0.300. The minimum Gasteiger partial charge on any atom is -0.383 e. The molecule has 1 aromatic carbocycles. The number of aromatic nitrogens is 5. The molecule has 1 unspecified atom stereocenters. The van der Waals surface area contributed by atoms with Gasteiger partial charge >= 0.3 is 0 Å². The molecule has 13 heteroatoms. The van der Waals surface area contributed by atoms with Crippen LogP contribution in [0.15, 0.2) is 54.6 Å². The molecule has 4 aromatic rings. The van der Waals surface area contributed by atoms with Crippen LogP contribution in [0, 0.1) is 30.0 Å². The molecule has 1 saturated heterocycles. The molecule has 3 aromatic heterocycles. The fourth-order valence-corrected chi connectivity index (χ4v) is 6.20. The Morgan fingerprint density at radius 3 is 2.63 bits per heavy atom. The molecule has 3 aliphatic rings. The zero-order valence-electron chi connectivity index (χ0n) is 22.7. The van der Waals surface area contributed by atoms with Gasteiger partial charge in [-0.05, 0) is 61.8 Å². The number of benzene rings is 1. The van der Waals surface area contributed by atoms with Gasteiger partial charge in [-0.25, -0.2) is 33.3 Å². The van der Waals surface area contributed by atoms with E-state index in [2.05, 4.69) is 25.1 Å². The average molecular weight is 582 g/mol. The van der Waals surface area contributed by atoms with Crippen LogP contribution in [0.1, 0.15) is 42.1 Å². The van der Waals surface area contributed by atoms with E-state index < -0.39 is 17.5 Å². The number of fused-ring (bicyclic) bond motifs is 3. The van der Waals surface area contributed by atoms with Crippen LogP contribution in [0.2, 0.25) is 0 Å². The van der Waals surface area contributed by atoms with Crippen molar-refractivity contribution in [1.82, 2.24) is 29.6 Å². The van der Waals surface area contributed by atoms with E-state index in [0.717, 1.165) is 43.9 Å². The van der Waals surface area contributed by atoms with Crippen LogP contribution in [0.4, 0.5) is 20.4 Å². The lowest BCUT2D eigenvalue weighted by molar-refractivity contribution is -0.129. The lowest BCUT2D eigenvalue weighted by atomic mass is 10.0. The van der Waals surface area contributed by atoms with Crippen molar-refractivity contribution in [3.63, 3.8) is 0 Å². The van der Waals surface area contributed by atoms with Crippen molar-refractivity contribution in [2.45, 2.75) is 37.8 Å². The number of rotatable bonds is 6. The maximum absolute atomic E-state index is 15.6. The third-order valence-corrected chi connectivity index (χ3v) is 8.35. The minimum atomic E-state index is -0.730. The number of anilines is 2. The molecule has 2 saturated carbocycles. The van der Waals surface area contributed by atoms with Crippen LogP contribution in [0.5, 0.6) is 0 Å². The zero-order chi connectivity index (χ0) is 29.8. The number of piperidine rings is 1. The molecule has 0 spiro atoms. The molecule has 3 N–H and O–H groups in total. The van der Waals surface area contributed by atoms with Crippen LogP contribution in [0.3, 0.4) is 0 Å². The number of allylic oxidation sites excluding steroid dienone is 1. The summed E-state index contributed by atoms with van der Waals surface area (Å²) in [6.07, 6.45) is 7.81. The summed E-state index contributed by atoms with van der Waals surface area (Å²) < 4.78 is 30.8. The molecule has 2 amide bonds. The van der Waals surface area contributed by atoms with Gasteiger partial charge in [0.05, 0.1) is 24.0 Å². The van der Waals surface area contributed by atoms with E-state index in [4.69, 9.17) is 17.4 Å². The second-order valence-electron chi connectivity index (χ2n) is 11.2. The van der Waals surface area contributed by atoms with E-state index in [1.807, 2.05) is 0 Å². The minimum absolute atomic E-state index is 0.00241. The first-order chi connectivity index (χ1) is 20.8. The largest absolute Gasteiger partial charge is 0.383 e. The van der Waals surface area contributed by atoms with Crippen molar-refractivity contribution in [3.05, 3.63) is 83.2 Å². The van der Waals surface area contributed by atoms with Gasteiger partial charge in [0.15, 0.2) is 5.65 Å². The van der Waals surface area contributed by atoms with Crippen LogP contribution >= 0.6 is 0 Å². The number of nitrogens with one attached hydrogen (secondary N) is 1. The number of halogens is 2. The molecule has 4 heterocycles. The highest BCUT2D eigenvalue weighted by atomic mass is 19.1. The topological polar surface area (TPSA) is 136 Å². The van der Waals surface area contributed by atoms with Gasteiger partial charge in [0.2, 0.25) is 5.70 Å². The second kappa shape index (κ2) is 10.2. The smallest absolute Gasteiger partial charge is 0.256 e. The Bertz CT molecular complexity index is 1880. The highest BCUT2D eigenvalue weighted by molar-refractivity contribution is 6.04. The Hall–Kier alpha value is -5.25. The van der Waals surface area contributed by atoms with Gasteiger partial charge in [-0.3, -0.25) is 9.59 Å². The number of nitrogens with zero attached hydrogens (tertiary/aromatic N) is 7. The highest BCUT2D eigenvalue weighted by Gasteiger charge is 2.49. The Morgan fingerprint density at radius 1 is 1.09 bits per heavy atom. The van der Waals surface area contributed by atoms with Crippen molar-refractivity contribution in [1.29, 1.82) is 0 Å². The van der Waals surface area contributed by atoms with Crippen molar-refractivity contribution >= 4 is 34.5 Å². The van der Waals surface area contributed by atoms with E-state index in [-0.39, 0.29) is 58.1 Å². The predicted molar refractivity (Wildman–Crippen MR) is 152 cm³/mol. The van der Waals surface area contributed by atoms with E-state index in [1.165, 1.54) is 24.7 Å². The molecule has 1 aliphatic heterocycles. The Kier molecular flexibility index (Phi) is 6.34. The first-order valence-electron chi connectivity index (χ1n) is 13.9. The number of hydrogen-bond acceptors (Lipinski definition) is 7. The van der Waals surface area contributed by atoms with Gasteiger partial charge in [0.1, 0.15) is 35.3 Å². The fourth-order valence-electron chi connectivity index (χ4n) is 6.20. The second-order valence-corrected chi connectivity index (χ2v) is 11.2. The summed E-state index contributed by atoms with van der Waals surface area (Å²) in [6.45, 7) is 8.14. The molecule has 11 nitrogen and oxygen atoms in total. The predicted octanol–water partition coefficient (Wildman–Crippen LogP) is 4.38. The number of pyridine rings is 1. The molecule has 0 radical (unpaired) electrons. The first-order valence-corrected chi connectivity index (χ1v) is 13.9. The molecule has 3 atom stereocenters. The van der Waals surface area contributed by atoms with Crippen LogP contribution < -0.4 is 11.1 Å². The van der Waals surface area contributed by atoms with Crippen LogP contribution in [-0.4, -0.2) is 54.0 Å². The Morgan fingerprint density at radius 2 is 1.91 bits per heavy atom. The number of hydrogen-bond donors (Lipinski definition) is 2. The third-order valence-electron chi connectivity index (χ3n) is 8.35. The SMILES string of the molecule is [C-]#[N+]/C(=C\C1CC1)C(=O)N1C[C@H]2CC(n3nc(-c4ccc(C(=O)Nc5cc(F)ccn5)cc4F)c4c(N)ncnc43)[C@H]1C2. The maximum Gasteiger partial charge on any atom is 0.256 e. The number of likely N-dealkylation sites (tertiary alicyclic amines) is 1. The summed E-state index contributed by atoms with van der Waals surface area (Å²) in [6, 6.07) is 5.64. The monoisotopic (exact) mass is 581 g/mol. The molecular weight excluding hydrogens is 556 g/mol. The molecule has 2 bridgehead atoms. The van der Waals surface area contributed by atoms with E-state index in [1.54, 1.807) is 15.7 Å². The number of carbonyl (C=O) groups is 2. The summed E-state index contributed by atoms with van der Waals surface area (Å²) in [5.41, 5.74) is 7.12. The summed E-state index contributed by atoms with van der Waals surface area (Å²) in [5, 5.41) is 7.59. The van der Waals surface area contributed by atoms with Gasteiger partial charge in [0.25, 0.3) is 11.8 Å². The Balaban J connectivity index is 1.22. The molecule has 2 aliphatic carbocycles. The van der Waals surface area contributed by atoms with Crippen molar-refractivity contribution in [2.75, 3.05) is 17.6 Å². The highest BCUT2D eigenvalue weighted by Crippen LogP contribution is 2.47. The normalized spacial score (nSPS) is 21.3. The summed E-state index contributed by atoms with van der Waals surface area (Å²) in [4.78, 5) is 43.8. The molecular formula is C30H25F2N9O2. The van der Waals surface area contributed by atoms with E-state index >= 15 is 4.39 Å². The van der Waals surface area contributed by atoms with E-state index in [9.17, 15) is 14.0 Å². The lowest BCUT2D eigenvalue weighted by Crippen LogP contribution is -2.43. The summed E-state index contributed by atoms with van der Waals surface area (Å²) >= 11 is 0. The van der Waals surface area contributed by atoms with Crippen LogP contribution in [-0.2, 0) is 4.79 Å². The quantitative estimate of drug-likeness (QED) is 0.255. The lowest BCUT2D eigenvalue weighted by Gasteiger charge is -2.33.